The van der Waals surface area contributed by atoms with Gasteiger partial charge in [0, 0.05) is 10.8 Å². The van der Waals surface area contributed by atoms with Gasteiger partial charge in [-0.25, -0.2) is 0 Å². The molecule has 1 aromatic carbocycles. The highest BCUT2D eigenvalue weighted by atomic mass is 35.5. The molecule has 0 aliphatic heterocycles. The quantitative estimate of drug-likeness (QED) is 0.582. The Morgan fingerprint density at radius 2 is 1.87 bits per heavy atom. The predicted molar refractivity (Wildman–Crippen MR) is 64.7 cm³/mol. The van der Waals surface area contributed by atoms with E-state index in [0.29, 0.717) is 5.88 Å². The third kappa shape index (κ3) is 2.28. The van der Waals surface area contributed by atoms with Crippen molar-refractivity contribution in [3.63, 3.8) is 0 Å². The fraction of sp³-hybridized carbons (Fsp3) is 0.0833. The molecule has 2 rings (SSSR count). The third-order valence-corrected chi connectivity index (χ3v) is 3.50. The summed E-state index contributed by atoms with van der Waals surface area (Å²) in [6.07, 6.45) is 0.876. The van der Waals surface area contributed by atoms with Crippen molar-refractivity contribution in [2.24, 2.45) is 0 Å². The smallest absolute Gasteiger partial charge is 0.160 e. The lowest BCUT2D eigenvalue weighted by Gasteiger charge is -1.98. The lowest BCUT2D eigenvalue weighted by atomic mass is 10.1. The molecular formula is C12H9ClOS. The highest BCUT2D eigenvalue weighted by Crippen LogP contribution is 2.27. The van der Waals surface area contributed by atoms with Crippen molar-refractivity contribution in [1.82, 2.24) is 0 Å². The minimum absolute atomic E-state index is 0.532. The van der Waals surface area contributed by atoms with Crippen molar-refractivity contribution < 1.29 is 4.79 Å². The normalized spacial score (nSPS) is 10.2. The first kappa shape index (κ1) is 10.4. The average Bonchev–Trinajstić information content (AvgIpc) is 2.78. The molecule has 1 nitrogen and oxygen atoms in total. The van der Waals surface area contributed by atoms with Crippen molar-refractivity contribution in [2.75, 3.05) is 0 Å². The van der Waals surface area contributed by atoms with Crippen LogP contribution in [-0.4, -0.2) is 6.29 Å². The van der Waals surface area contributed by atoms with Gasteiger partial charge in [-0.15, -0.1) is 22.9 Å². The molecule has 0 bridgehead atoms. The molecule has 0 saturated heterocycles. The molecule has 3 heteroatoms. The van der Waals surface area contributed by atoms with Crippen LogP contribution >= 0.6 is 22.9 Å². The number of hydrogen-bond donors (Lipinski definition) is 0. The van der Waals surface area contributed by atoms with Crippen LogP contribution < -0.4 is 0 Å². The summed E-state index contributed by atoms with van der Waals surface area (Å²) in [6.45, 7) is 0. The fourth-order valence-electron chi connectivity index (χ4n) is 1.33. The number of alkyl halides is 1. The lowest BCUT2D eigenvalue weighted by Crippen LogP contribution is -1.77. The van der Waals surface area contributed by atoms with E-state index in [-0.39, 0.29) is 0 Å². The van der Waals surface area contributed by atoms with Crippen LogP contribution in [0.2, 0.25) is 0 Å². The Labute approximate surface area is 97.3 Å². The van der Waals surface area contributed by atoms with Crippen molar-refractivity contribution in [3.8, 4) is 10.4 Å². The molecular weight excluding hydrogens is 228 g/mol. The van der Waals surface area contributed by atoms with E-state index in [1.165, 1.54) is 11.3 Å². The van der Waals surface area contributed by atoms with Gasteiger partial charge in [0.2, 0.25) is 0 Å². The Kier molecular flexibility index (Phi) is 3.19. The molecule has 0 spiro atoms. The van der Waals surface area contributed by atoms with Gasteiger partial charge in [0.1, 0.15) is 0 Å². The molecule has 1 heterocycles. The van der Waals surface area contributed by atoms with Gasteiger partial charge in [-0.3, -0.25) is 4.79 Å². The molecule has 0 N–H and O–H groups in total. The average molecular weight is 237 g/mol. The van der Waals surface area contributed by atoms with E-state index in [0.717, 1.165) is 27.2 Å². The van der Waals surface area contributed by atoms with Crippen molar-refractivity contribution in [3.05, 3.63) is 46.8 Å². The molecule has 0 aliphatic carbocycles. The molecule has 1 aromatic heterocycles. The molecule has 2 aromatic rings. The zero-order valence-electron chi connectivity index (χ0n) is 7.94. The topological polar surface area (TPSA) is 17.1 Å². The van der Waals surface area contributed by atoms with Gasteiger partial charge in [0.05, 0.1) is 4.88 Å². The van der Waals surface area contributed by atoms with Gasteiger partial charge in [0.25, 0.3) is 0 Å². The highest BCUT2D eigenvalue weighted by Gasteiger charge is 2.01. The van der Waals surface area contributed by atoms with Gasteiger partial charge in [-0.05, 0) is 23.3 Å². The number of carbonyl (C=O) groups is 1. The number of halogens is 1. The molecule has 0 radical (unpaired) electrons. The summed E-state index contributed by atoms with van der Waals surface area (Å²) in [6, 6.07) is 11.9. The summed E-state index contributed by atoms with van der Waals surface area (Å²) in [5.41, 5.74) is 2.23. The van der Waals surface area contributed by atoms with E-state index < -0.39 is 0 Å². The second-order valence-electron chi connectivity index (χ2n) is 3.15. The largest absolute Gasteiger partial charge is 0.297 e. The Bertz CT molecular complexity index is 459. The Balaban J connectivity index is 2.32. The number of carbonyl (C=O) groups excluding carboxylic acids is 1. The second-order valence-corrected chi connectivity index (χ2v) is 4.53. The first-order valence-corrected chi connectivity index (χ1v) is 5.89. The van der Waals surface area contributed by atoms with E-state index in [1.807, 2.05) is 36.4 Å². The lowest BCUT2D eigenvalue weighted by molar-refractivity contribution is 0.112. The Hall–Kier alpha value is -1.12. The molecule has 0 atom stereocenters. The van der Waals surface area contributed by atoms with E-state index in [2.05, 4.69) is 0 Å². The summed E-state index contributed by atoms with van der Waals surface area (Å²) in [5, 5.41) is 0. The predicted octanol–water partition coefficient (Wildman–Crippen LogP) is 3.97. The van der Waals surface area contributed by atoms with Crippen molar-refractivity contribution in [1.29, 1.82) is 0 Å². The van der Waals surface area contributed by atoms with Gasteiger partial charge in [0.15, 0.2) is 6.29 Å². The van der Waals surface area contributed by atoms with Crippen LogP contribution in [0, 0.1) is 0 Å². The van der Waals surface area contributed by atoms with Crippen LogP contribution in [0.15, 0.2) is 36.4 Å². The van der Waals surface area contributed by atoms with E-state index in [4.69, 9.17) is 11.6 Å². The zero-order chi connectivity index (χ0) is 10.7. The SMILES string of the molecule is O=Cc1ccc(-c2ccc(CCl)cc2)s1. The van der Waals surface area contributed by atoms with Gasteiger partial charge >= 0.3 is 0 Å². The van der Waals surface area contributed by atoms with E-state index in [9.17, 15) is 4.79 Å². The molecule has 76 valence electrons. The summed E-state index contributed by atoms with van der Waals surface area (Å²) in [7, 11) is 0. The highest BCUT2D eigenvalue weighted by molar-refractivity contribution is 7.17. The third-order valence-electron chi connectivity index (χ3n) is 2.14. The van der Waals surface area contributed by atoms with Crippen molar-refractivity contribution >= 4 is 29.2 Å². The minimum atomic E-state index is 0.532. The summed E-state index contributed by atoms with van der Waals surface area (Å²) in [5.74, 6) is 0.532. The zero-order valence-corrected chi connectivity index (χ0v) is 9.52. The maximum atomic E-state index is 10.5. The minimum Gasteiger partial charge on any atom is -0.297 e. The van der Waals surface area contributed by atoms with Crippen molar-refractivity contribution in [2.45, 2.75) is 5.88 Å². The van der Waals surface area contributed by atoms with E-state index in [1.54, 1.807) is 0 Å². The van der Waals surface area contributed by atoms with Crippen LogP contribution in [-0.2, 0) is 5.88 Å². The fourth-order valence-corrected chi connectivity index (χ4v) is 2.34. The second kappa shape index (κ2) is 4.60. The monoisotopic (exact) mass is 236 g/mol. The summed E-state index contributed by atoms with van der Waals surface area (Å²) < 4.78 is 0. The maximum absolute atomic E-state index is 10.5. The van der Waals surface area contributed by atoms with Gasteiger partial charge < -0.3 is 0 Å². The maximum Gasteiger partial charge on any atom is 0.160 e. The van der Waals surface area contributed by atoms with Crippen LogP contribution in [0.1, 0.15) is 15.2 Å². The van der Waals surface area contributed by atoms with Crippen LogP contribution in [0.5, 0.6) is 0 Å². The Morgan fingerprint density at radius 3 is 2.40 bits per heavy atom. The first-order chi connectivity index (χ1) is 7.33. The van der Waals surface area contributed by atoms with Crippen LogP contribution in [0.25, 0.3) is 10.4 Å². The van der Waals surface area contributed by atoms with Crippen LogP contribution in [0.4, 0.5) is 0 Å². The molecule has 0 saturated carbocycles. The first-order valence-electron chi connectivity index (χ1n) is 4.54. The molecule has 0 aliphatic rings. The number of aldehydes is 1. The Morgan fingerprint density at radius 1 is 1.13 bits per heavy atom. The standard InChI is InChI=1S/C12H9ClOS/c13-7-9-1-3-10(4-2-9)12-6-5-11(8-14)15-12/h1-6,8H,7H2. The number of thiophene rings is 1. The molecule has 15 heavy (non-hydrogen) atoms. The summed E-state index contributed by atoms with van der Waals surface area (Å²) in [4.78, 5) is 12.4. The number of benzene rings is 1. The van der Waals surface area contributed by atoms with Gasteiger partial charge in [-0.2, -0.15) is 0 Å². The molecule has 0 amide bonds. The molecule has 0 unspecified atom stereocenters. The molecule has 0 fully saturated rings. The van der Waals surface area contributed by atoms with E-state index >= 15 is 0 Å². The summed E-state index contributed by atoms with van der Waals surface area (Å²) >= 11 is 7.21. The van der Waals surface area contributed by atoms with Gasteiger partial charge in [-0.1, -0.05) is 24.3 Å². The number of rotatable bonds is 3. The number of hydrogen-bond acceptors (Lipinski definition) is 2. The van der Waals surface area contributed by atoms with Crippen LogP contribution in [0.3, 0.4) is 0 Å².